The zero-order chi connectivity index (χ0) is 12.8. The molecule has 0 saturated heterocycles. The molecule has 0 atom stereocenters. The molecule has 4 heteroatoms. The van der Waals surface area contributed by atoms with Crippen LogP contribution in [0, 0.1) is 5.41 Å². The van der Waals surface area contributed by atoms with Gasteiger partial charge < -0.3 is 11.1 Å². The number of hydrogen-bond donors (Lipinski definition) is 2. The Balaban J connectivity index is 3.98. The number of unbranched alkanes of at least 4 members (excludes halogenated alkanes) is 1. The Hall–Kier alpha value is -0.220. The van der Waals surface area contributed by atoms with Crippen LogP contribution >= 0.6 is 11.8 Å². The Bertz CT molecular complexity index is 222. The first-order valence-corrected chi connectivity index (χ1v) is 7.19. The van der Waals surface area contributed by atoms with Gasteiger partial charge >= 0.3 is 0 Å². The minimum atomic E-state index is -0.535. The monoisotopic (exact) mass is 246 g/mol. The molecular formula is C12H26N2OS. The van der Waals surface area contributed by atoms with Gasteiger partial charge in [-0.3, -0.25) is 4.79 Å². The second-order valence-corrected chi connectivity index (χ2v) is 6.29. The Morgan fingerprint density at radius 1 is 1.25 bits per heavy atom. The molecule has 0 bridgehead atoms. The summed E-state index contributed by atoms with van der Waals surface area (Å²) in [6.07, 6.45) is 4.28. The smallest absolute Gasteiger partial charge is 0.227 e. The predicted octanol–water partition coefficient (Wildman–Crippen LogP) is 2.01. The number of nitrogens with two attached hydrogens (primary N) is 1. The van der Waals surface area contributed by atoms with E-state index in [1.165, 1.54) is 0 Å². The molecule has 0 unspecified atom stereocenters. The maximum atomic E-state index is 11.9. The van der Waals surface area contributed by atoms with Crippen LogP contribution in [0.5, 0.6) is 0 Å². The summed E-state index contributed by atoms with van der Waals surface area (Å²) in [6, 6.07) is 0. The summed E-state index contributed by atoms with van der Waals surface area (Å²) in [5, 5.41) is 2.96. The summed E-state index contributed by atoms with van der Waals surface area (Å²) in [4.78, 5) is 11.9. The number of thioether (sulfide) groups is 1. The maximum absolute atomic E-state index is 11.9. The molecule has 0 aliphatic heterocycles. The van der Waals surface area contributed by atoms with Gasteiger partial charge in [0.15, 0.2) is 0 Å². The summed E-state index contributed by atoms with van der Waals surface area (Å²) in [5.41, 5.74) is 4.96. The second-order valence-electron chi connectivity index (χ2n) is 5.30. The number of carbonyl (C=O) groups excluding carboxylic acids is 1. The first kappa shape index (κ1) is 15.8. The highest BCUT2D eigenvalue weighted by atomic mass is 32.2. The molecule has 3 nitrogen and oxygen atoms in total. The maximum Gasteiger partial charge on any atom is 0.227 e. The average molecular weight is 246 g/mol. The van der Waals surface area contributed by atoms with Crippen LogP contribution in [0.3, 0.4) is 0 Å². The molecule has 16 heavy (non-hydrogen) atoms. The van der Waals surface area contributed by atoms with E-state index in [1.807, 2.05) is 39.5 Å². The third kappa shape index (κ3) is 4.74. The molecule has 0 aromatic heterocycles. The molecule has 0 saturated carbocycles. The summed E-state index contributed by atoms with van der Waals surface area (Å²) in [5.74, 6) is 1.20. The lowest BCUT2D eigenvalue weighted by molar-refractivity contribution is -0.132. The van der Waals surface area contributed by atoms with Crippen molar-refractivity contribution >= 4 is 17.7 Å². The van der Waals surface area contributed by atoms with Crippen LogP contribution in [0.2, 0.25) is 0 Å². The largest absolute Gasteiger partial charge is 0.356 e. The highest BCUT2D eigenvalue weighted by molar-refractivity contribution is 7.98. The van der Waals surface area contributed by atoms with Crippen molar-refractivity contribution in [2.45, 2.75) is 46.1 Å². The summed E-state index contributed by atoms with van der Waals surface area (Å²) in [6.45, 7) is 8.31. The molecule has 0 heterocycles. The lowest BCUT2D eigenvalue weighted by atomic mass is 9.74. The molecule has 0 fully saturated rings. The van der Waals surface area contributed by atoms with Gasteiger partial charge in [0.2, 0.25) is 5.91 Å². The van der Waals surface area contributed by atoms with Gasteiger partial charge in [-0.1, -0.05) is 0 Å². The quantitative estimate of drug-likeness (QED) is 0.676. The van der Waals surface area contributed by atoms with Crippen LogP contribution in [-0.4, -0.2) is 30.0 Å². The Morgan fingerprint density at radius 3 is 2.25 bits per heavy atom. The van der Waals surface area contributed by atoms with Crippen molar-refractivity contribution in [1.82, 2.24) is 5.32 Å². The van der Waals surface area contributed by atoms with Gasteiger partial charge in [0.25, 0.3) is 0 Å². The van der Waals surface area contributed by atoms with E-state index < -0.39 is 11.0 Å². The molecule has 0 aliphatic rings. The van der Waals surface area contributed by atoms with Crippen LogP contribution in [0.4, 0.5) is 0 Å². The fourth-order valence-electron chi connectivity index (χ4n) is 1.09. The van der Waals surface area contributed by atoms with E-state index in [1.54, 1.807) is 0 Å². The molecule has 0 aromatic rings. The lowest BCUT2D eigenvalue weighted by Gasteiger charge is -2.36. The van der Waals surface area contributed by atoms with Crippen LogP contribution in [-0.2, 0) is 4.79 Å². The molecule has 0 spiro atoms. The summed E-state index contributed by atoms with van der Waals surface area (Å²) < 4.78 is 0. The fraction of sp³-hybridized carbons (Fsp3) is 0.917. The van der Waals surface area contributed by atoms with Gasteiger partial charge in [0.1, 0.15) is 0 Å². The van der Waals surface area contributed by atoms with E-state index >= 15 is 0 Å². The van der Waals surface area contributed by atoms with Crippen molar-refractivity contribution in [3.8, 4) is 0 Å². The molecule has 0 aliphatic carbocycles. The van der Waals surface area contributed by atoms with E-state index in [0.717, 1.165) is 25.1 Å². The molecule has 0 aromatic carbocycles. The van der Waals surface area contributed by atoms with Crippen molar-refractivity contribution in [2.75, 3.05) is 18.6 Å². The van der Waals surface area contributed by atoms with Crippen molar-refractivity contribution < 1.29 is 4.79 Å². The van der Waals surface area contributed by atoms with Gasteiger partial charge in [0.05, 0.1) is 5.41 Å². The first-order chi connectivity index (χ1) is 7.23. The average Bonchev–Trinajstić information content (AvgIpc) is 2.15. The topological polar surface area (TPSA) is 55.1 Å². The minimum absolute atomic E-state index is 0.0455. The second kappa shape index (κ2) is 6.50. The van der Waals surface area contributed by atoms with Gasteiger partial charge in [-0.25, -0.2) is 0 Å². The van der Waals surface area contributed by atoms with Gasteiger partial charge in [-0.15, -0.1) is 0 Å². The predicted molar refractivity (Wildman–Crippen MR) is 72.7 cm³/mol. The Kier molecular flexibility index (Phi) is 6.41. The lowest BCUT2D eigenvalue weighted by Crippen LogP contribution is -2.55. The number of nitrogens with one attached hydrogen (secondary N) is 1. The molecule has 3 N–H and O–H groups in total. The van der Waals surface area contributed by atoms with Gasteiger partial charge in [-0.05, 0) is 52.5 Å². The van der Waals surface area contributed by atoms with E-state index in [9.17, 15) is 4.79 Å². The third-order valence-electron chi connectivity index (χ3n) is 3.24. The van der Waals surface area contributed by atoms with Crippen LogP contribution in [0.25, 0.3) is 0 Å². The van der Waals surface area contributed by atoms with E-state index in [-0.39, 0.29) is 5.91 Å². The Morgan fingerprint density at radius 2 is 1.81 bits per heavy atom. The molecule has 96 valence electrons. The number of amides is 1. The molecule has 1 amide bonds. The molecule has 0 rings (SSSR count). The minimum Gasteiger partial charge on any atom is -0.356 e. The zero-order valence-corrected chi connectivity index (χ0v) is 12.0. The normalized spacial score (nSPS) is 12.6. The van der Waals surface area contributed by atoms with Crippen molar-refractivity contribution in [1.29, 1.82) is 0 Å². The van der Waals surface area contributed by atoms with Crippen molar-refractivity contribution in [2.24, 2.45) is 11.1 Å². The van der Waals surface area contributed by atoms with Crippen molar-refractivity contribution in [3.63, 3.8) is 0 Å². The first-order valence-electron chi connectivity index (χ1n) is 5.79. The Labute approximate surface area is 104 Å². The van der Waals surface area contributed by atoms with Crippen molar-refractivity contribution in [3.05, 3.63) is 0 Å². The van der Waals surface area contributed by atoms with E-state index in [4.69, 9.17) is 5.73 Å². The molecule has 0 radical (unpaired) electrons. The zero-order valence-electron chi connectivity index (χ0n) is 11.2. The van der Waals surface area contributed by atoms with Gasteiger partial charge in [-0.2, -0.15) is 11.8 Å². The highest BCUT2D eigenvalue weighted by Crippen LogP contribution is 2.28. The van der Waals surface area contributed by atoms with Gasteiger partial charge in [0, 0.05) is 12.1 Å². The molecular weight excluding hydrogens is 220 g/mol. The van der Waals surface area contributed by atoms with E-state index in [2.05, 4.69) is 11.6 Å². The van der Waals surface area contributed by atoms with Crippen LogP contribution in [0.15, 0.2) is 0 Å². The summed E-state index contributed by atoms with van der Waals surface area (Å²) in [7, 11) is 0. The fourth-order valence-corrected chi connectivity index (χ4v) is 1.58. The number of carbonyl (C=O) groups is 1. The van der Waals surface area contributed by atoms with E-state index in [0.29, 0.717) is 0 Å². The SMILES string of the molecule is CSCCCCNC(=O)C(C)(C)C(C)(C)N. The van der Waals surface area contributed by atoms with Crippen LogP contribution < -0.4 is 11.1 Å². The summed E-state index contributed by atoms with van der Waals surface area (Å²) >= 11 is 1.84. The number of hydrogen-bond acceptors (Lipinski definition) is 3. The number of rotatable bonds is 7. The van der Waals surface area contributed by atoms with Crippen LogP contribution in [0.1, 0.15) is 40.5 Å². The third-order valence-corrected chi connectivity index (χ3v) is 3.94. The standard InChI is InChI=1S/C12H26N2OS/c1-11(2,12(3,4)13)10(15)14-8-6-7-9-16-5/h6-9,13H2,1-5H3,(H,14,15). The highest BCUT2D eigenvalue weighted by Gasteiger charge is 2.39.